The lowest BCUT2D eigenvalue weighted by atomic mass is 9.76. The topological polar surface area (TPSA) is 46.3 Å². The number of amides is 1. The van der Waals surface area contributed by atoms with Gasteiger partial charge in [0.25, 0.3) is 0 Å². The van der Waals surface area contributed by atoms with Crippen molar-refractivity contribution in [3.8, 4) is 0 Å². The predicted molar refractivity (Wildman–Crippen MR) is 84.4 cm³/mol. The molecule has 1 unspecified atom stereocenters. The van der Waals surface area contributed by atoms with Crippen LogP contribution in [0.2, 0.25) is 0 Å². The Morgan fingerprint density at radius 3 is 2.86 bits per heavy atom. The standard InChI is InChI=1S/C18H18N2O/c19-14-7-8-17-13(10-14)5-3-9-20(17)18(21)16-11-12-4-1-2-6-15(12)16/h1-2,4,6-8,10,16H,3,5,9,11,19H2. The SMILES string of the molecule is Nc1ccc2c(c1)CCCN2C(=O)C1Cc2ccccc21. The molecule has 2 N–H and O–H groups in total. The zero-order valence-electron chi connectivity index (χ0n) is 11.9. The number of carbonyl (C=O) groups is 1. The second-order valence-electron chi connectivity index (χ2n) is 5.94. The normalized spacial score (nSPS) is 19.4. The summed E-state index contributed by atoms with van der Waals surface area (Å²) >= 11 is 0. The summed E-state index contributed by atoms with van der Waals surface area (Å²) in [6, 6.07) is 14.1. The van der Waals surface area contributed by atoms with E-state index < -0.39 is 0 Å². The van der Waals surface area contributed by atoms with Crippen molar-refractivity contribution < 1.29 is 4.79 Å². The number of rotatable bonds is 1. The lowest BCUT2D eigenvalue weighted by molar-refractivity contribution is -0.120. The van der Waals surface area contributed by atoms with Crippen LogP contribution in [0.15, 0.2) is 42.5 Å². The van der Waals surface area contributed by atoms with Crippen molar-refractivity contribution in [2.45, 2.75) is 25.2 Å². The monoisotopic (exact) mass is 278 g/mol. The summed E-state index contributed by atoms with van der Waals surface area (Å²) in [5, 5.41) is 0. The molecule has 1 aliphatic heterocycles. The summed E-state index contributed by atoms with van der Waals surface area (Å²) in [4.78, 5) is 14.8. The molecule has 0 spiro atoms. The number of carbonyl (C=O) groups excluding carboxylic acids is 1. The number of fused-ring (bicyclic) bond motifs is 2. The van der Waals surface area contributed by atoms with Crippen molar-refractivity contribution in [1.29, 1.82) is 0 Å². The lowest BCUT2D eigenvalue weighted by Crippen LogP contribution is -2.42. The minimum absolute atomic E-state index is 0.0321. The molecule has 1 amide bonds. The molecule has 0 saturated carbocycles. The Morgan fingerprint density at radius 2 is 2.00 bits per heavy atom. The molecule has 3 nitrogen and oxygen atoms in total. The second kappa shape index (κ2) is 4.62. The molecule has 21 heavy (non-hydrogen) atoms. The number of nitrogens with two attached hydrogens (primary N) is 1. The first kappa shape index (κ1) is 12.5. The smallest absolute Gasteiger partial charge is 0.234 e. The molecule has 2 aliphatic rings. The molecule has 0 saturated heterocycles. The van der Waals surface area contributed by atoms with Gasteiger partial charge in [-0.1, -0.05) is 24.3 Å². The number of benzene rings is 2. The van der Waals surface area contributed by atoms with Gasteiger partial charge in [-0.3, -0.25) is 4.79 Å². The van der Waals surface area contributed by atoms with E-state index in [1.165, 1.54) is 16.7 Å². The van der Waals surface area contributed by atoms with E-state index in [1.807, 2.05) is 35.2 Å². The van der Waals surface area contributed by atoms with Gasteiger partial charge in [0.15, 0.2) is 0 Å². The van der Waals surface area contributed by atoms with Crippen molar-refractivity contribution in [2.75, 3.05) is 17.2 Å². The second-order valence-corrected chi connectivity index (χ2v) is 5.94. The Balaban J connectivity index is 1.66. The van der Waals surface area contributed by atoms with Crippen LogP contribution in [0.25, 0.3) is 0 Å². The van der Waals surface area contributed by atoms with Crippen molar-refractivity contribution >= 4 is 17.3 Å². The summed E-state index contributed by atoms with van der Waals surface area (Å²) in [6.07, 6.45) is 2.89. The van der Waals surface area contributed by atoms with Gasteiger partial charge in [-0.15, -0.1) is 0 Å². The molecule has 2 aromatic carbocycles. The van der Waals surface area contributed by atoms with Gasteiger partial charge in [-0.25, -0.2) is 0 Å². The maximum Gasteiger partial charge on any atom is 0.234 e. The van der Waals surface area contributed by atoms with Gasteiger partial charge in [0, 0.05) is 17.9 Å². The van der Waals surface area contributed by atoms with E-state index in [-0.39, 0.29) is 11.8 Å². The molecule has 1 heterocycles. The summed E-state index contributed by atoms with van der Waals surface area (Å²) in [5.41, 5.74) is 11.4. The average Bonchev–Trinajstić information content (AvgIpc) is 2.47. The Bertz CT molecular complexity index is 723. The van der Waals surface area contributed by atoms with Gasteiger partial charge >= 0.3 is 0 Å². The Morgan fingerprint density at radius 1 is 1.14 bits per heavy atom. The number of nitrogen functional groups attached to an aromatic ring is 1. The zero-order chi connectivity index (χ0) is 14.4. The third kappa shape index (κ3) is 1.92. The minimum Gasteiger partial charge on any atom is -0.399 e. The fourth-order valence-electron chi connectivity index (χ4n) is 3.51. The third-order valence-corrected chi connectivity index (χ3v) is 4.64. The van der Waals surface area contributed by atoms with E-state index in [0.29, 0.717) is 0 Å². The van der Waals surface area contributed by atoms with Crippen LogP contribution >= 0.6 is 0 Å². The van der Waals surface area contributed by atoms with E-state index in [0.717, 1.165) is 37.2 Å². The van der Waals surface area contributed by atoms with Crippen LogP contribution in [0.1, 0.15) is 29.0 Å². The first-order valence-corrected chi connectivity index (χ1v) is 7.51. The number of aryl methyl sites for hydroxylation is 1. The van der Waals surface area contributed by atoms with Crippen LogP contribution in [-0.4, -0.2) is 12.5 Å². The highest BCUT2D eigenvalue weighted by Crippen LogP contribution is 2.39. The van der Waals surface area contributed by atoms with Crippen LogP contribution in [0.4, 0.5) is 11.4 Å². The molecule has 3 heteroatoms. The van der Waals surface area contributed by atoms with E-state index >= 15 is 0 Å². The maximum atomic E-state index is 12.9. The first-order chi connectivity index (χ1) is 10.2. The molecule has 1 atom stereocenters. The highest BCUT2D eigenvalue weighted by atomic mass is 16.2. The summed E-state index contributed by atoms with van der Waals surface area (Å²) in [7, 11) is 0. The molecule has 0 bridgehead atoms. The van der Waals surface area contributed by atoms with E-state index in [1.54, 1.807) is 0 Å². The first-order valence-electron chi connectivity index (χ1n) is 7.51. The van der Waals surface area contributed by atoms with Gasteiger partial charge < -0.3 is 10.6 Å². The summed E-state index contributed by atoms with van der Waals surface area (Å²) in [5.74, 6) is 0.268. The summed E-state index contributed by atoms with van der Waals surface area (Å²) < 4.78 is 0. The van der Waals surface area contributed by atoms with Crippen LogP contribution in [0.3, 0.4) is 0 Å². The minimum atomic E-state index is 0.0321. The van der Waals surface area contributed by atoms with Gasteiger partial charge in [-0.05, 0) is 54.2 Å². The van der Waals surface area contributed by atoms with E-state index in [9.17, 15) is 4.79 Å². The fourth-order valence-corrected chi connectivity index (χ4v) is 3.51. The molecule has 0 radical (unpaired) electrons. The van der Waals surface area contributed by atoms with Gasteiger partial charge in [0.1, 0.15) is 0 Å². The van der Waals surface area contributed by atoms with Crippen LogP contribution in [0, 0.1) is 0 Å². The Kier molecular flexibility index (Phi) is 2.74. The Hall–Kier alpha value is -2.29. The van der Waals surface area contributed by atoms with Crippen molar-refractivity contribution in [2.24, 2.45) is 0 Å². The molecule has 0 aromatic heterocycles. The number of hydrogen-bond acceptors (Lipinski definition) is 2. The van der Waals surface area contributed by atoms with E-state index in [2.05, 4.69) is 12.1 Å². The molecular weight excluding hydrogens is 260 g/mol. The molecule has 4 rings (SSSR count). The van der Waals surface area contributed by atoms with Crippen molar-refractivity contribution in [1.82, 2.24) is 0 Å². The quantitative estimate of drug-likeness (QED) is 0.815. The number of hydrogen-bond donors (Lipinski definition) is 1. The largest absolute Gasteiger partial charge is 0.399 e. The molecule has 0 fully saturated rings. The molecule has 106 valence electrons. The fraction of sp³-hybridized carbons (Fsp3) is 0.278. The van der Waals surface area contributed by atoms with Crippen LogP contribution in [0.5, 0.6) is 0 Å². The van der Waals surface area contributed by atoms with Gasteiger partial charge in [0.05, 0.1) is 5.92 Å². The third-order valence-electron chi connectivity index (χ3n) is 4.64. The zero-order valence-corrected chi connectivity index (χ0v) is 11.9. The lowest BCUT2D eigenvalue weighted by Gasteiger charge is -2.36. The van der Waals surface area contributed by atoms with Gasteiger partial charge in [0.2, 0.25) is 5.91 Å². The summed E-state index contributed by atoms with van der Waals surface area (Å²) in [6.45, 7) is 0.814. The highest BCUT2D eigenvalue weighted by molar-refractivity contribution is 6.00. The molecule has 1 aliphatic carbocycles. The van der Waals surface area contributed by atoms with Crippen molar-refractivity contribution in [3.05, 3.63) is 59.2 Å². The number of nitrogens with zero attached hydrogens (tertiary/aromatic N) is 1. The predicted octanol–water partition coefficient (Wildman–Crippen LogP) is 2.89. The van der Waals surface area contributed by atoms with E-state index in [4.69, 9.17) is 5.73 Å². The highest BCUT2D eigenvalue weighted by Gasteiger charge is 2.36. The maximum absolute atomic E-state index is 12.9. The number of anilines is 2. The average molecular weight is 278 g/mol. The molecular formula is C18H18N2O. The van der Waals surface area contributed by atoms with Crippen LogP contribution < -0.4 is 10.6 Å². The molecule has 2 aromatic rings. The van der Waals surface area contributed by atoms with Gasteiger partial charge in [-0.2, -0.15) is 0 Å². The van der Waals surface area contributed by atoms with Crippen LogP contribution in [-0.2, 0) is 17.6 Å². The van der Waals surface area contributed by atoms with Crippen molar-refractivity contribution in [3.63, 3.8) is 0 Å². The Labute approximate surface area is 124 Å².